The van der Waals surface area contributed by atoms with E-state index in [-0.39, 0.29) is 5.91 Å². The molecule has 0 aliphatic heterocycles. The molecule has 0 spiro atoms. The summed E-state index contributed by atoms with van der Waals surface area (Å²) in [4.78, 5) is 10.3. The Labute approximate surface area is 93.1 Å². The zero-order chi connectivity index (χ0) is 11.9. The first-order valence-electron chi connectivity index (χ1n) is 5.62. The standard InChI is InChI=1S/C9H19NO3.C2H6/c1-12-7-8-13-6-4-2-3-5-9(10)11;1-2/h2-8H2,1H3,(H2,10,11);1-2H3. The summed E-state index contributed by atoms with van der Waals surface area (Å²) in [6.45, 7) is 6.02. The third-order valence-corrected chi connectivity index (χ3v) is 1.64. The number of ether oxygens (including phenoxy) is 2. The van der Waals surface area contributed by atoms with Crippen molar-refractivity contribution >= 4 is 5.91 Å². The van der Waals surface area contributed by atoms with Crippen LogP contribution in [0.1, 0.15) is 39.5 Å². The molecule has 0 fully saturated rings. The summed E-state index contributed by atoms with van der Waals surface area (Å²) in [5.41, 5.74) is 4.99. The smallest absolute Gasteiger partial charge is 0.217 e. The molecule has 0 unspecified atom stereocenters. The Morgan fingerprint density at radius 1 is 1.07 bits per heavy atom. The molecule has 0 radical (unpaired) electrons. The minimum absolute atomic E-state index is 0.222. The normalized spacial score (nSPS) is 9.27. The van der Waals surface area contributed by atoms with Gasteiger partial charge in [0.25, 0.3) is 0 Å². The molecule has 1 amide bonds. The average Bonchev–Trinajstić information content (AvgIpc) is 2.24. The van der Waals surface area contributed by atoms with Crippen LogP contribution >= 0.6 is 0 Å². The monoisotopic (exact) mass is 219 g/mol. The van der Waals surface area contributed by atoms with E-state index in [4.69, 9.17) is 15.2 Å². The number of primary amides is 1. The zero-order valence-electron chi connectivity index (χ0n) is 10.3. The van der Waals surface area contributed by atoms with Crippen LogP contribution in [0.5, 0.6) is 0 Å². The summed E-state index contributed by atoms with van der Waals surface area (Å²) in [5, 5.41) is 0. The number of hydrogen-bond donors (Lipinski definition) is 1. The van der Waals surface area contributed by atoms with Crippen molar-refractivity contribution in [2.45, 2.75) is 39.5 Å². The van der Waals surface area contributed by atoms with Crippen molar-refractivity contribution < 1.29 is 14.3 Å². The van der Waals surface area contributed by atoms with Crippen molar-refractivity contribution in [3.8, 4) is 0 Å². The third kappa shape index (κ3) is 19.7. The van der Waals surface area contributed by atoms with Gasteiger partial charge in [-0.1, -0.05) is 20.3 Å². The number of unbranched alkanes of at least 4 members (excludes halogenated alkanes) is 2. The van der Waals surface area contributed by atoms with E-state index in [1.165, 1.54) is 0 Å². The minimum atomic E-state index is -0.222. The maximum atomic E-state index is 10.3. The maximum absolute atomic E-state index is 10.3. The fraction of sp³-hybridized carbons (Fsp3) is 0.909. The van der Waals surface area contributed by atoms with E-state index in [1.54, 1.807) is 7.11 Å². The van der Waals surface area contributed by atoms with Gasteiger partial charge in [-0.25, -0.2) is 0 Å². The highest BCUT2D eigenvalue weighted by Gasteiger charge is 1.94. The lowest BCUT2D eigenvalue weighted by molar-refractivity contribution is -0.118. The number of nitrogens with two attached hydrogens (primary N) is 1. The van der Waals surface area contributed by atoms with Crippen molar-refractivity contribution in [2.75, 3.05) is 26.9 Å². The van der Waals surface area contributed by atoms with Crippen molar-refractivity contribution in [1.82, 2.24) is 0 Å². The average molecular weight is 219 g/mol. The minimum Gasteiger partial charge on any atom is -0.382 e. The van der Waals surface area contributed by atoms with Crippen LogP contribution in [0.15, 0.2) is 0 Å². The van der Waals surface area contributed by atoms with Gasteiger partial charge in [-0.2, -0.15) is 0 Å². The van der Waals surface area contributed by atoms with Crippen molar-refractivity contribution in [3.63, 3.8) is 0 Å². The molecule has 0 bridgehead atoms. The van der Waals surface area contributed by atoms with Gasteiger partial charge in [0.05, 0.1) is 13.2 Å². The van der Waals surface area contributed by atoms with Crippen LogP contribution in [0.25, 0.3) is 0 Å². The number of rotatable bonds is 9. The number of carbonyl (C=O) groups is 1. The summed E-state index contributed by atoms with van der Waals surface area (Å²) < 4.78 is 10.1. The van der Waals surface area contributed by atoms with Gasteiger partial charge in [-0.15, -0.1) is 0 Å². The lowest BCUT2D eigenvalue weighted by atomic mass is 10.2. The lowest BCUT2D eigenvalue weighted by Crippen LogP contribution is -2.09. The molecule has 0 saturated heterocycles. The molecular formula is C11H25NO3. The van der Waals surface area contributed by atoms with Crippen molar-refractivity contribution in [1.29, 1.82) is 0 Å². The van der Waals surface area contributed by atoms with E-state index >= 15 is 0 Å². The second-order valence-electron chi connectivity index (χ2n) is 2.88. The third-order valence-electron chi connectivity index (χ3n) is 1.64. The molecule has 0 heterocycles. The Hall–Kier alpha value is -0.610. The summed E-state index contributed by atoms with van der Waals surface area (Å²) in [5.74, 6) is -0.222. The summed E-state index contributed by atoms with van der Waals surface area (Å²) >= 11 is 0. The highest BCUT2D eigenvalue weighted by molar-refractivity contribution is 5.73. The topological polar surface area (TPSA) is 61.6 Å². The number of amides is 1. The number of carbonyl (C=O) groups excluding carboxylic acids is 1. The van der Waals surface area contributed by atoms with Gasteiger partial charge in [0.1, 0.15) is 0 Å². The molecule has 0 aliphatic rings. The van der Waals surface area contributed by atoms with Gasteiger partial charge in [0.15, 0.2) is 0 Å². The van der Waals surface area contributed by atoms with E-state index in [2.05, 4.69) is 0 Å². The molecule has 0 saturated carbocycles. The van der Waals surface area contributed by atoms with Crippen LogP contribution < -0.4 is 5.73 Å². The molecule has 15 heavy (non-hydrogen) atoms. The van der Waals surface area contributed by atoms with Gasteiger partial charge in [-0.3, -0.25) is 4.79 Å². The quantitative estimate of drug-likeness (QED) is 0.601. The fourth-order valence-electron chi connectivity index (χ4n) is 0.924. The molecule has 4 heteroatoms. The van der Waals surface area contributed by atoms with E-state index < -0.39 is 0 Å². The van der Waals surface area contributed by atoms with Crippen LogP contribution in [-0.2, 0) is 14.3 Å². The lowest BCUT2D eigenvalue weighted by Gasteiger charge is -2.02. The highest BCUT2D eigenvalue weighted by Crippen LogP contribution is 1.99. The summed E-state index contributed by atoms with van der Waals surface area (Å²) in [6.07, 6.45) is 3.33. The van der Waals surface area contributed by atoms with Crippen LogP contribution in [-0.4, -0.2) is 32.8 Å². The second kappa shape index (κ2) is 15.8. The predicted molar refractivity (Wildman–Crippen MR) is 61.7 cm³/mol. The Morgan fingerprint density at radius 3 is 2.27 bits per heavy atom. The van der Waals surface area contributed by atoms with E-state index in [9.17, 15) is 4.79 Å². The number of hydrogen-bond acceptors (Lipinski definition) is 3. The van der Waals surface area contributed by atoms with Gasteiger partial charge < -0.3 is 15.2 Å². The zero-order valence-corrected chi connectivity index (χ0v) is 10.3. The van der Waals surface area contributed by atoms with Gasteiger partial charge in [0.2, 0.25) is 5.91 Å². The van der Waals surface area contributed by atoms with Gasteiger partial charge >= 0.3 is 0 Å². The Morgan fingerprint density at radius 2 is 1.73 bits per heavy atom. The molecular weight excluding hydrogens is 194 g/mol. The van der Waals surface area contributed by atoms with Crippen LogP contribution in [0.2, 0.25) is 0 Å². The Balaban J connectivity index is 0. The van der Waals surface area contributed by atoms with Crippen LogP contribution in [0.4, 0.5) is 0 Å². The molecule has 0 aromatic heterocycles. The van der Waals surface area contributed by atoms with E-state index in [0.717, 1.165) is 25.9 Å². The van der Waals surface area contributed by atoms with Crippen molar-refractivity contribution in [3.05, 3.63) is 0 Å². The molecule has 92 valence electrons. The largest absolute Gasteiger partial charge is 0.382 e. The van der Waals surface area contributed by atoms with Crippen LogP contribution in [0.3, 0.4) is 0 Å². The first kappa shape index (κ1) is 16.8. The molecule has 0 aliphatic carbocycles. The molecule has 2 N–H and O–H groups in total. The SMILES string of the molecule is CC.COCCOCCCCCC(N)=O. The predicted octanol–water partition coefficient (Wildman–Crippen LogP) is 1.72. The Kier molecular flexibility index (Phi) is 17.8. The van der Waals surface area contributed by atoms with E-state index in [1.807, 2.05) is 13.8 Å². The molecule has 0 aromatic rings. The second-order valence-corrected chi connectivity index (χ2v) is 2.88. The first-order valence-corrected chi connectivity index (χ1v) is 5.62. The fourth-order valence-corrected chi connectivity index (χ4v) is 0.924. The van der Waals surface area contributed by atoms with Crippen molar-refractivity contribution in [2.24, 2.45) is 5.73 Å². The van der Waals surface area contributed by atoms with Gasteiger partial charge in [-0.05, 0) is 12.8 Å². The molecule has 0 atom stereocenters. The maximum Gasteiger partial charge on any atom is 0.217 e. The number of methoxy groups -OCH3 is 1. The first-order chi connectivity index (χ1) is 7.27. The highest BCUT2D eigenvalue weighted by atomic mass is 16.5. The van der Waals surface area contributed by atoms with Gasteiger partial charge in [0, 0.05) is 20.1 Å². The summed E-state index contributed by atoms with van der Waals surface area (Å²) in [6, 6.07) is 0. The molecule has 0 aromatic carbocycles. The van der Waals surface area contributed by atoms with Crippen LogP contribution in [0, 0.1) is 0 Å². The molecule has 4 nitrogen and oxygen atoms in total. The van der Waals surface area contributed by atoms with E-state index in [0.29, 0.717) is 19.6 Å². The summed E-state index contributed by atoms with van der Waals surface area (Å²) in [7, 11) is 1.65. The Bertz CT molecular complexity index is 129. The molecule has 0 rings (SSSR count).